The Morgan fingerprint density at radius 2 is 1.95 bits per heavy atom. The first kappa shape index (κ1) is 14.8. The summed E-state index contributed by atoms with van der Waals surface area (Å²) in [6, 6.07) is 4.59. The fraction of sp³-hybridized carbons (Fsp3) is 0.333. The number of rotatable bonds is 3. The van der Waals surface area contributed by atoms with Crippen LogP contribution in [-0.4, -0.2) is 11.4 Å². The van der Waals surface area contributed by atoms with Crippen molar-refractivity contribution in [2.75, 3.05) is 5.32 Å². The lowest BCUT2D eigenvalue weighted by Gasteiger charge is -2.24. The number of nitriles is 1. The molecule has 0 radical (unpaired) electrons. The summed E-state index contributed by atoms with van der Waals surface area (Å²) >= 11 is 0. The Hall–Kier alpha value is -2.23. The number of amides is 1. The van der Waals surface area contributed by atoms with Crippen LogP contribution in [0, 0.1) is 11.3 Å². The molecule has 102 valence electrons. The maximum absolute atomic E-state index is 12.7. The highest BCUT2D eigenvalue weighted by Crippen LogP contribution is 2.34. The SMILES string of the molecule is CC(C)(Nc1ccc(C#N)c(C(F)(F)F)c1)C(N)=O. The minimum Gasteiger partial charge on any atom is -0.372 e. The van der Waals surface area contributed by atoms with E-state index in [2.05, 4.69) is 5.32 Å². The molecule has 19 heavy (non-hydrogen) atoms. The van der Waals surface area contributed by atoms with Crippen molar-refractivity contribution in [3.05, 3.63) is 29.3 Å². The van der Waals surface area contributed by atoms with Gasteiger partial charge in [0.2, 0.25) is 5.91 Å². The molecule has 0 fully saturated rings. The highest BCUT2D eigenvalue weighted by atomic mass is 19.4. The first-order valence-electron chi connectivity index (χ1n) is 5.27. The van der Waals surface area contributed by atoms with Gasteiger partial charge in [-0.1, -0.05) is 0 Å². The van der Waals surface area contributed by atoms with Crippen LogP contribution in [0.15, 0.2) is 18.2 Å². The van der Waals surface area contributed by atoms with E-state index in [0.717, 1.165) is 12.1 Å². The molecule has 4 nitrogen and oxygen atoms in total. The zero-order chi connectivity index (χ0) is 14.8. The zero-order valence-electron chi connectivity index (χ0n) is 10.3. The fourth-order valence-corrected chi connectivity index (χ4v) is 1.38. The van der Waals surface area contributed by atoms with Crippen LogP contribution in [0.25, 0.3) is 0 Å². The summed E-state index contributed by atoms with van der Waals surface area (Å²) in [6.45, 7) is 2.89. The molecule has 0 aromatic heterocycles. The second-order valence-electron chi connectivity index (χ2n) is 4.48. The summed E-state index contributed by atoms with van der Waals surface area (Å²) in [6.07, 6.45) is -4.64. The maximum atomic E-state index is 12.7. The number of benzene rings is 1. The van der Waals surface area contributed by atoms with E-state index in [-0.39, 0.29) is 5.69 Å². The molecular formula is C12H12F3N3O. The molecule has 0 aliphatic heterocycles. The van der Waals surface area contributed by atoms with Crippen molar-refractivity contribution in [3.63, 3.8) is 0 Å². The van der Waals surface area contributed by atoms with Gasteiger partial charge in [0.25, 0.3) is 0 Å². The van der Waals surface area contributed by atoms with Crippen LogP contribution in [0.2, 0.25) is 0 Å². The third-order valence-electron chi connectivity index (χ3n) is 2.52. The Balaban J connectivity index is 3.21. The van der Waals surface area contributed by atoms with E-state index in [9.17, 15) is 18.0 Å². The molecule has 1 aromatic rings. The van der Waals surface area contributed by atoms with Crippen molar-refractivity contribution in [1.82, 2.24) is 0 Å². The van der Waals surface area contributed by atoms with Crippen molar-refractivity contribution in [2.24, 2.45) is 5.73 Å². The van der Waals surface area contributed by atoms with Gasteiger partial charge in [0.15, 0.2) is 0 Å². The van der Waals surface area contributed by atoms with Crippen molar-refractivity contribution >= 4 is 11.6 Å². The number of carbonyl (C=O) groups excluding carboxylic acids is 1. The van der Waals surface area contributed by atoms with E-state index in [1.165, 1.54) is 26.0 Å². The Morgan fingerprint density at radius 1 is 1.37 bits per heavy atom. The molecular weight excluding hydrogens is 259 g/mol. The molecule has 1 rings (SSSR count). The lowest BCUT2D eigenvalue weighted by atomic mass is 10.0. The normalized spacial score (nSPS) is 11.8. The largest absolute Gasteiger partial charge is 0.417 e. The number of nitrogens with one attached hydrogen (secondary N) is 1. The van der Waals surface area contributed by atoms with E-state index < -0.39 is 28.7 Å². The number of halogens is 3. The molecule has 0 unspecified atom stereocenters. The standard InChI is InChI=1S/C12H12F3N3O/c1-11(2,10(17)19)18-8-4-3-7(6-16)9(5-8)12(13,14)15/h3-5,18H,1-2H3,(H2,17,19). The molecule has 0 saturated carbocycles. The highest BCUT2D eigenvalue weighted by molar-refractivity contribution is 5.87. The first-order chi connectivity index (χ1) is 8.58. The molecule has 1 amide bonds. The van der Waals surface area contributed by atoms with E-state index in [1.54, 1.807) is 0 Å². The minimum absolute atomic E-state index is 0.0649. The van der Waals surface area contributed by atoms with Crippen LogP contribution >= 0.6 is 0 Å². The van der Waals surface area contributed by atoms with E-state index in [1.807, 2.05) is 0 Å². The number of alkyl halides is 3. The third-order valence-corrected chi connectivity index (χ3v) is 2.52. The zero-order valence-corrected chi connectivity index (χ0v) is 10.3. The van der Waals surface area contributed by atoms with Crippen LogP contribution in [0.4, 0.5) is 18.9 Å². The van der Waals surface area contributed by atoms with Gasteiger partial charge in [-0.05, 0) is 32.0 Å². The number of anilines is 1. The molecule has 7 heteroatoms. The number of carbonyl (C=O) groups is 1. The summed E-state index contributed by atoms with van der Waals surface area (Å²) in [4.78, 5) is 11.1. The van der Waals surface area contributed by atoms with Gasteiger partial charge >= 0.3 is 6.18 Å². The number of nitrogens with two attached hydrogens (primary N) is 1. The van der Waals surface area contributed by atoms with Crippen molar-refractivity contribution in [2.45, 2.75) is 25.6 Å². The molecule has 0 aliphatic rings. The number of nitrogens with zero attached hydrogens (tertiary/aromatic N) is 1. The van der Waals surface area contributed by atoms with Gasteiger partial charge in [0.05, 0.1) is 17.2 Å². The quantitative estimate of drug-likeness (QED) is 0.885. The molecule has 0 bridgehead atoms. The van der Waals surface area contributed by atoms with Gasteiger partial charge in [-0.2, -0.15) is 18.4 Å². The van der Waals surface area contributed by atoms with E-state index in [4.69, 9.17) is 11.0 Å². The Morgan fingerprint density at radius 3 is 2.37 bits per heavy atom. The Labute approximate surface area is 108 Å². The van der Waals surface area contributed by atoms with Gasteiger partial charge in [-0.25, -0.2) is 0 Å². The predicted octanol–water partition coefficient (Wildman–Crippen LogP) is 2.25. The van der Waals surface area contributed by atoms with Crippen LogP contribution in [0.3, 0.4) is 0 Å². The lowest BCUT2D eigenvalue weighted by Crippen LogP contribution is -2.45. The molecule has 0 atom stereocenters. The van der Waals surface area contributed by atoms with Crippen molar-refractivity contribution < 1.29 is 18.0 Å². The number of hydrogen-bond donors (Lipinski definition) is 2. The van der Waals surface area contributed by atoms with Gasteiger partial charge in [0.1, 0.15) is 5.54 Å². The summed E-state index contributed by atoms with van der Waals surface area (Å²) in [5.74, 6) is -0.703. The molecule has 0 heterocycles. The minimum atomic E-state index is -4.64. The van der Waals surface area contributed by atoms with Crippen LogP contribution < -0.4 is 11.1 Å². The van der Waals surface area contributed by atoms with Gasteiger partial charge in [-0.15, -0.1) is 0 Å². The molecule has 1 aromatic carbocycles. The summed E-state index contributed by atoms with van der Waals surface area (Å²) < 4.78 is 38.2. The number of hydrogen-bond acceptors (Lipinski definition) is 3. The predicted molar refractivity (Wildman–Crippen MR) is 63.1 cm³/mol. The van der Waals surface area contributed by atoms with Gasteiger partial charge in [0, 0.05) is 5.69 Å². The van der Waals surface area contributed by atoms with Gasteiger partial charge < -0.3 is 11.1 Å². The summed E-state index contributed by atoms with van der Waals surface area (Å²) in [7, 11) is 0. The van der Waals surface area contributed by atoms with Gasteiger partial charge in [-0.3, -0.25) is 4.79 Å². The average molecular weight is 271 g/mol. The second-order valence-corrected chi connectivity index (χ2v) is 4.48. The first-order valence-corrected chi connectivity index (χ1v) is 5.27. The second kappa shape index (κ2) is 4.80. The molecule has 0 aliphatic carbocycles. The van der Waals surface area contributed by atoms with E-state index >= 15 is 0 Å². The van der Waals surface area contributed by atoms with Crippen molar-refractivity contribution in [3.8, 4) is 6.07 Å². The third kappa shape index (κ3) is 3.37. The molecule has 0 spiro atoms. The smallest absolute Gasteiger partial charge is 0.372 e. The summed E-state index contributed by atoms with van der Waals surface area (Å²) in [5.41, 5.74) is 2.46. The topological polar surface area (TPSA) is 78.9 Å². The summed E-state index contributed by atoms with van der Waals surface area (Å²) in [5, 5.41) is 11.2. The van der Waals surface area contributed by atoms with E-state index in [0.29, 0.717) is 0 Å². The lowest BCUT2D eigenvalue weighted by molar-refractivity contribution is -0.137. The van der Waals surface area contributed by atoms with Crippen LogP contribution in [0.1, 0.15) is 25.0 Å². The molecule has 3 N–H and O–H groups in total. The fourth-order valence-electron chi connectivity index (χ4n) is 1.38. The molecule has 0 saturated heterocycles. The highest BCUT2D eigenvalue weighted by Gasteiger charge is 2.34. The average Bonchev–Trinajstić information content (AvgIpc) is 2.27. The number of primary amides is 1. The monoisotopic (exact) mass is 271 g/mol. The Bertz CT molecular complexity index is 544. The van der Waals surface area contributed by atoms with Crippen LogP contribution in [0.5, 0.6) is 0 Å². The Kier molecular flexibility index (Phi) is 3.75. The van der Waals surface area contributed by atoms with Crippen LogP contribution in [-0.2, 0) is 11.0 Å². The van der Waals surface area contributed by atoms with Crippen molar-refractivity contribution in [1.29, 1.82) is 5.26 Å². The maximum Gasteiger partial charge on any atom is 0.417 e.